The van der Waals surface area contributed by atoms with E-state index in [1.165, 1.54) is 49.4 Å². The maximum atomic E-state index is 6.59. The Bertz CT molecular complexity index is 2780. The van der Waals surface area contributed by atoms with E-state index in [-0.39, 0.29) is 0 Å². The molecule has 2 aromatic heterocycles. The van der Waals surface area contributed by atoms with Crippen molar-refractivity contribution in [1.29, 1.82) is 0 Å². The molecule has 214 valence electrons. The molecule has 2 heterocycles. The number of hydrogen-bond acceptors (Lipinski definition) is 2. The van der Waals surface area contributed by atoms with Crippen molar-refractivity contribution in [3.63, 3.8) is 0 Å². The van der Waals surface area contributed by atoms with Crippen molar-refractivity contribution in [3.05, 3.63) is 158 Å². The summed E-state index contributed by atoms with van der Waals surface area (Å²) in [7, 11) is 0. The van der Waals surface area contributed by atoms with Crippen molar-refractivity contribution in [1.82, 2.24) is 0 Å². The molecule has 2 heteroatoms. The smallest absolute Gasteiger partial charge is 0.136 e. The Kier molecular flexibility index (Phi) is 5.31. The van der Waals surface area contributed by atoms with E-state index in [4.69, 9.17) is 8.83 Å². The highest BCUT2D eigenvalue weighted by Crippen LogP contribution is 2.46. The normalized spacial score (nSPS) is 11.9. The predicted molar refractivity (Wildman–Crippen MR) is 192 cm³/mol. The molecule has 0 fully saturated rings. The zero-order valence-corrected chi connectivity index (χ0v) is 24.8. The van der Waals surface area contributed by atoms with Crippen LogP contribution in [0.2, 0.25) is 0 Å². The van der Waals surface area contributed by atoms with Gasteiger partial charge in [-0.25, -0.2) is 0 Å². The molecule has 0 bridgehead atoms. The summed E-state index contributed by atoms with van der Waals surface area (Å²) in [5.41, 5.74) is 10.7. The van der Waals surface area contributed by atoms with Crippen molar-refractivity contribution in [2.75, 3.05) is 0 Å². The van der Waals surface area contributed by atoms with Crippen LogP contribution < -0.4 is 0 Å². The number of benzene rings is 8. The molecule has 10 rings (SSSR count). The molecule has 0 atom stereocenters. The standard InChI is InChI=1S/C44H26O2/c1-3-11-27(12-4-1)29-19-21-33-36(25-29)41(28-13-5-2-6-14-28)31-15-7-8-16-32(31)42(33)30-20-22-35-40(26-30)46-39-24-23-38-43(44(35)39)34-17-9-10-18-37(34)45-38/h1-26H. The largest absolute Gasteiger partial charge is 0.456 e. The SMILES string of the molecule is c1ccc(-c2ccc3c(-c4ccc5c(c4)oc4ccc6oc7ccccc7c6c45)c4ccccc4c(-c4ccccc4)c3c2)cc1. The number of hydrogen-bond donors (Lipinski definition) is 0. The predicted octanol–water partition coefficient (Wildman–Crippen LogP) is 12.8. The molecule has 0 aliphatic rings. The number of para-hydroxylation sites is 1. The third-order valence-corrected chi connectivity index (χ3v) is 9.46. The van der Waals surface area contributed by atoms with Crippen molar-refractivity contribution >= 4 is 65.4 Å². The molecular weight excluding hydrogens is 560 g/mol. The Balaban J connectivity index is 1.29. The molecule has 0 amide bonds. The van der Waals surface area contributed by atoms with Crippen LogP contribution in [0.3, 0.4) is 0 Å². The summed E-state index contributed by atoms with van der Waals surface area (Å²) in [4.78, 5) is 0. The van der Waals surface area contributed by atoms with E-state index in [9.17, 15) is 0 Å². The van der Waals surface area contributed by atoms with E-state index >= 15 is 0 Å². The molecule has 8 aromatic carbocycles. The molecule has 0 N–H and O–H groups in total. The minimum absolute atomic E-state index is 0.868. The first-order valence-corrected chi connectivity index (χ1v) is 15.7. The van der Waals surface area contributed by atoms with Gasteiger partial charge in [-0.1, -0.05) is 121 Å². The topological polar surface area (TPSA) is 26.3 Å². The summed E-state index contributed by atoms with van der Waals surface area (Å²) in [5, 5.41) is 9.32. The lowest BCUT2D eigenvalue weighted by molar-refractivity contribution is 0.663. The molecular formula is C44H26O2. The third kappa shape index (κ3) is 3.65. The minimum atomic E-state index is 0.868. The first-order chi connectivity index (χ1) is 22.8. The van der Waals surface area contributed by atoms with Crippen LogP contribution in [0.25, 0.3) is 98.8 Å². The second kappa shape index (κ2) is 9.69. The first kappa shape index (κ1) is 25.2. The van der Waals surface area contributed by atoms with Gasteiger partial charge in [-0.2, -0.15) is 0 Å². The van der Waals surface area contributed by atoms with E-state index in [0.717, 1.165) is 49.4 Å². The molecule has 2 nitrogen and oxygen atoms in total. The van der Waals surface area contributed by atoms with Gasteiger partial charge >= 0.3 is 0 Å². The van der Waals surface area contributed by atoms with Gasteiger partial charge in [-0.15, -0.1) is 0 Å². The Morgan fingerprint density at radius 3 is 1.48 bits per heavy atom. The van der Waals surface area contributed by atoms with E-state index in [0.29, 0.717) is 0 Å². The van der Waals surface area contributed by atoms with E-state index in [1.54, 1.807) is 0 Å². The lowest BCUT2D eigenvalue weighted by Crippen LogP contribution is -1.91. The summed E-state index contributed by atoms with van der Waals surface area (Å²) in [6.45, 7) is 0. The molecule has 10 aromatic rings. The summed E-state index contributed by atoms with van der Waals surface area (Å²) < 4.78 is 12.8. The number of rotatable bonds is 3. The fraction of sp³-hybridized carbons (Fsp3) is 0. The minimum Gasteiger partial charge on any atom is -0.456 e. The maximum Gasteiger partial charge on any atom is 0.136 e. The van der Waals surface area contributed by atoms with Gasteiger partial charge in [0.1, 0.15) is 22.3 Å². The monoisotopic (exact) mass is 586 g/mol. The summed E-state index contributed by atoms with van der Waals surface area (Å²) in [5.74, 6) is 0. The van der Waals surface area contributed by atoms with Crippen LogP contribution in [0.15, 0.2) is 167 Å². The Morgan fingerprint density at radius 2 is 0.761 bits per heavy atom. The quantitative estimate of drug-likeness (QED) is 0.193. The van der Waals surface area contributed by atoms with Gasteiger partial charge in [0.25, 0.3) is 0 Å². The Morgan fingerprint density at radius 1 is 0.261 bits per heavy atom. The van der Waals surface area contributed by atoms with E-state index in [2.05, 4.69) is 133 Å². The zero-order chi connectivity index (χ0) is 30.2. The van der Waals surface area contributed by atoms with Crippen molar-refractivity contribution in [3.8, 4) is 33.4 Å². The average molecular weight is 587 g/mol. The molecule has 0 radical (unpaired) electrons. The van der Waals surface area contributed by atoms with Crippen molar-refractivity contribution in [2.45, 2.75) is 0 Å². The van der Waals surface area contributed by atoms with Crippen molar-refractivity contribution in [2.24, 2.45) is 0 Å². The first-order valence-electron chi connectivity index (χ1n) is 15.7. The van der Waals surface area contributed by atoms with Gasteiger partial charge < -0.3 is 8.83 Å². The van der Waals surface area contributed by atoms with E-state index < -0.39 is 0 Å². The Hall–Kier alpha value is -6.12. The Labute approximate surface area is 264 Å². The number of fused-ring (bicyclic) bond motifs is 9. The second-order valence-electron chi connectivity index (χ2n) is 12.0. The summed E-state index contributed by atoms with van der Waals surface area (Å²) in [6, 6.07) is 56.1. The molecule has 0 aliphatic carbocycles. The highest BCUT2D eigenvalue weighted by atomic mass is 16.3. The molecule has 46 heavy (non-hydrogen) atoms. The summed E-state index contributed by atoms with van der Waals surface area (Å²) in [6.07, 6.45) is 0. The molecule has 0 spiro atoms. The van der Waals surface area contributed by atoms with Crippen LogP contribution in [-0.2, 0) is 0 Å². The van der Waals surface area contributed by atoms with Gasteiger partial charge in [0, 0.05) is 21.5 Å². The van der Waals surface area contributed by atoms with E-state index in [1.807, 2.05) is 24.3 Å². The van der Waals surface area contributed by atoms with Gasteiger partial charge in [-0.05, 0) is 91.3 Å². The van der Waals surface area contributed by atoms with Crippen molar-refractivity contribution < 1.29 is 8.83 Å². The van der Waals surface area contributed by atoms with Crippen LogP contribution in [0.5, 0.6) is 0 Å². The van der Waals surface area contributed by atoms with Gasteiger partial charge in [0.05, 0.1) is 0 Å². The van der Waals surface area contributed by atoms with Crippen LogP contribution in [0.4, 0.5) is 0 Å². The number of furan rings is 2. The fourth-order valence-electron chi connectivity index (χ4n) is 7.45. The van der Waals surface area contributed by atoms with Gasteiger partial charge in [0.2, 0.25) is 0 Å². The van der Waals surface area contributed by atoms with Gasteiger partial charge in [0.15, 0.2) is 0 Å². The van der Waals surface area contributed by atoms with Crippen LogP contribution >= 0.6 is 0 Å². The fourth-order valence-corrected chi connectivity index (χ4v) is 7.45. The highest BCUT2D eigenvalue weighted by Gasteiger charge is 2.20. The molecule has 0 aliphatic heterocycles. The van der Waals surface area contributed by atoms with Crippen LogP contribution in [0, 0.1) is 0 Å². The van der Waals surface area contributed by atoms with Crippen LogP contribution in [0.1, 0.15) is 0 Å². The highest BCUT2D eigenvalue weighted by molar-refractivity contribution is 6.27. The van der Waals surface area contributed by atoms with Crippen LogP contribution in [-0.4, -0.2) is 0 Å². The molecule has 0 saturated carbocycles. The average Bonchev–Trinajstić information content (AvgIpc) is 3.68. The third-order valence-electron chi connectivity index (χ3n) is 9.46. The second-order valence-corrected chi connectivity index (χ2v) is 12.0. The molecule has 0 saturated heterocycles. The molecule has 0 unspecified atom stereocenters. The maximum absolute atomic E-state index is 6.59. The lowest BCUT2D eigenvalue weighted by atomic mass is 9.84. The lowest BCUT2D eigenvalue weighted by Gasteiger charge is -2.18. The summed E-state index contributed by atoms with van der Waals surface area (Å²) >= 11 is 0. The zero-order valence-electron chi connectivity index (χ0n) is 24.8. The van der Waals surface area contributed by atoms with Gasteiger partial charge in [-0.3, -0.25) is 0 Å².